The normalized spacial score (nSPS) is 10.4. The molecule has 1 rings (SSSR count). The van der Waals surface area contributed by atoms with Crippen molar-refractivity contribution in [3.63, 3.8) is 0 Å². The average Bonchev–Trinajstić information content (AvgIpc) is 2.28. The summed E-state index contributed by atoms with van der Waals surface area (Å²) in [4.78, 5) is 20.7. The first kappa shape index (κ1) is 12.9. The maximum absolute atomic E-state index is 10.6. The van der Waals surface area contributed by atoms with Crippen molar-refractivity contribution in [1.29, 1.82) is 0 Å². The zero-order chi connectivity index (χ0) is 12.7. The molecule has 1 aromatic rings. The quantitative estimate of drug-likeness (QED) is 0.482. The number of rotatable bonds is 5. The standard InChI is InChI=1S/C12H14N2O3/c1-10(15)13-8-3-2-5-11-6-4-7-12(9-11)14(16)17/h2,4-7,9H,3,8H2,1H3,(H,13,15). The highest BCUT2D eigenvalue weighted by Gasteiger charge is 2.03. The van der Waals surface area contributed by atoms with Crippen LogP contribution in [-0.2, 0) is 4.79 Å². The van der Waals surface area contributed by atoms with Gasteiger partial charge in [0.1, 0.15) is 0 Å². The van der Waals surface area contributed by atoms with Gasteiger partial charge in [0, 0.05) is 25.6 Å². The SMILES string of the molecule is CC(=O)NCCC=Cc1cccc([N+](=O)[O-])c1. The molecule has 0 aromatic heterocycles. The third kappa shape index (κ3) is 4.92. The number of nitro benzene ring substituents is 1. The molecule has 5 heteroatoms. The van der Waals surface area contributed by atoms with E-state index in [2.05, 4.69) is 5.32 Å². The van der Waals surface area contributed by atoms with Crippen LogP contribution in [-0.4, -0.2) is 17.4 Å². The van der Waals surface area contributed by atoms with E-state index in [1.165, 1.54) is 19.1 Å². The molecule has 0 heterocycles. The zero-order valence-electron chi connectivity index (χ0n) is 9.55. The lowest BCUT2D eigenvalue weighted by Gasteiger charge is -1.97. The first-order valence-electron chi connectivity index (χ1n) is 5.25. The minimum Gasteiger partial charge on any atom is -0.356 e. The molecule has 1 N–H and O–H groups in total. The van der Waals surface area contributed by atoms with E-state index >= 15 is 0 Å². The summed E-state index contributed by atoms with van der Waals surface area (Å²) in [5.41, 5.74) is 0.857. The number of carbonyl (C=O) groups is 1. The van der Waals surface area contributed by atoms with E-state index < -0.39 is 4.92 Å². The Labute approximate surface area is 99.3 Å². The molecule has 0 aliphatic rings. The van der Waals surface area contributed by atoms with E-state index in [0.29, 0.717) is 13.0 Å². The van der Waals surface area contributed by atoms with Crippen LogP contribution in [0.4, 0.5) is 5.69 Å². The van der Waals surface area contributed by atoms with Crippen LogP contribution in [0.25, 0.3) is 6.08 Å². The molecular formula is C12H14N2O3. The summed E-state index contributed by atoms with van der Waals surface area (Å²) in [6.07, 6.45) is 4.37. The summed E-state index contributed by atoms with van der Waals surface area (Å²) in [5, 5.41) is 13.2. The highest BCUT2D eigenvalue weighted by molar-refractivity contribution is 5.72. The predicted octanol–water partition coefficient (Wildman–Crippen LogP) is 2.13. The van der Waals surface area contributed by atoms with Gasteiger partial charge in [-0.3, -0.25) is 14.9 Å². The second-order valence-corrected chi connectivity index (χ2v) is 3.53. The first-order valence-corrected chi connectivity index (χ1v) is 5.25. The van der Waals surface area contributed by atoms with Gasteiger partial charge in [0.05, 0.1) is 4.92 Å². The largest absolute Gasteiger partial charge is 0.356 e. The lowest BCUT2D eigenvalue weighted by molar-refractivity contribution is -0.384. The third-order valence-corrected chi connectivity index (χ3v) is 2.08. The van der Waals surface area contributed by atoms with Crippen molar-refractivity contribution < 1.29 is 9.72 Å². The van der Waals surface area contributed by atoms with Gasteiger partial charge in [0.25, 0.3) is 5.69 Å². The van der Waals surface area contributed by atoms with Gasteiger partial charge in [-0.15, -0.1) is 0 Å². The molecule has 0 saturated carbocycles. The molecule has 17 heavy (non-hydrogen) atoms. The Morgan fingerprint density at radius 1 is 1.53 bits per heavy atom. The third-order valence-electron chi connectivity index (χ3n) is 2.08. The Bertz CT molecular complexity index is 441. The lowest BCUT2D eigenvalue weighted by atomic mass is 10.2. The maximum Gasteiger partial charge on any atom is 0.270 e. The van der Waals surface area contributed by atoms with E-state index in [0.717, 1.165) is 5.56 Å². The van der Waals surface area contributed by atoms with Gasteiger partial charge in [0.2, 0.25) is 5.91 Å². The van der Waals surface area contributed by atoms with Crippen LogP contribution < -0.4 is 5.32 Å². The monoisotopic (exact) mass is 234 g/mol. The molecule has 1 aromatic carbocycles. The number of amides is 1. The van der Waals surface area contributed by atoms with E-state index in [4.69, 9.17) is 0 Å². The van der Waals surface area contributed by atoms with E-state index in [1.807, 2.05) is 6.08 Å². The number of benzene rings is 1. The number of hydrogen-bond donors (Lipinski definition) is 1. The molecule has 1 amide bonds. The smallest absolute Gasteiger partial charge is 0.270 e. The van der Waals surface area contributed by atoms with Crippen LogP contribution in [0.3, 0.4) is 0 Å². The van der Waals surface area contributed by atoms with Gasteiger partial charge in [-0.1, -0.05) is 24.3 Å². The van der Waals surface area contributed by atoms with Crippen LogP contribution in [0.2, 0.25) is 0 Å². The number of nitrogens with zero attached hydrogens (tertiary/aromatic N) is 1. The number of non-ortho nitro benzene ring substituents is 1. The number of hydrogen-bond acceptors (Lipinski definition) is 3. The summed E-state index contributed by atoms with van der Waals surface area (Å²) < 4.78 is 0. The fourth-order valence-corrected chi connectivity index (χ4v) is 1.29. The number of carbonyl (C=O) groups excluding carboxylic acids is 1. The first-order chi connectivity index (χ1) is 8.09. The van der Waals surface area contributed by atoms with Crippen molar-refractivity contribution in [2.45, 2.75) is 13.3 Å². The molecule has 0 atom stereocenters. The van der Waals surface area contributed by atoms with Crippen molar-refractivity contribution in [2.24, 2.45) is 0 Å². The van der Waals surface area contributed by atoms with Gasteiger partial charge in [-0.2, -0.15) is 0 Å². The molecule has 0 unspecified atom stereocenters. The summed E-state index contributed by atoms with van der Waals surface area (Å²) in [6, 6.07) is 6.40. The van der Waals surface area contributed by atoms with Crippen LogP contribution >= 0.6 is 0 Å². The number of nitro groups is 1. The van der Waals surface area contributed by atoms with Gasteiger partial charge >= 0.3 is 0 Å². The Balaban J connectivity index is 2.50. The van der Waals surface area contributed by atoms with Gasteiger partial charge in [0.15, 0.2) is 0 Å². The molecule has 0 radical (unpaired) electrons. The molecule has 0 saturated heterocycles. The maximum atomic E-state index is 10.6. The average molecular weight is 234 g/mol. The molecule has 0 fully saturated rings. The molecule has 0 aliphatic carbocycles. The minimum absolute atomic E-state index is 0.0613. The Morgan fingerprint density at radius 2 is 2.29 bits per heavy atom. The highest BCUT2D eigenvalue weighted by atomic mass is 16.6. The zero-order valence-corrected chi connectivity index (χ0v) is 9.55. The van der Waals surface area contributed by atoms with Crippen molar-refractivity contribution >= 4 is 17.7 Å². The van der Waals surface area contributed by atoms with Gasteiger partial charge in [-0.25, -0.2) is 0 Å². The van der Waals surface area contributed by atoms with E-state index in [-0.39, 0.29) is 11.6 Å². The Hall–Kier alpha value is -2.17. The second-order valence-electron chi connectivity index (χ2n) is 3.53. The van der Waals surface area contributed by atoms with Crippen LogP contribution in [0.5, 0.6) is 0 Å². The minimum atomic E-state index is -0.422. The van der Waals surface area contributed by atoms with Crippen LogP contribution in [0.15, 0.2) is 30.3 Å². The lowest BCUT2D eigenvalue weighted by Crippen LogP contribution is -2.20. The molecule has 0 aliphatic heterocycles. The predicted molar refractivity (Wildman–Crippen MR) is 65.4 cm³/mol. The fraction of sp³-hybridized carbons (Fsp3) is 0.250. The van der Waals surface area contributed by atoms with E-state index in [9.17, 15) is 14.9 Å². The number of nitrogens with one attached hydrogen (secondary N) is 1. The fourth-order valence-electron chi connectivity index (χ4n) is 1.29. The van der Waals surface area contributed by atoms with Crippen molar-refractivity contribution in [3.05, 3.63) is 46.0 Å². The molecule has 0 spiro atoms. The van der Waals surface area contributed by atoms with Crippen LogP contribution in [0, 0.1) is 10.1 Å². The van der Waals surface area contributed by atoms with Crippen LogP contribution in [0.1, 0.15) is 18.9 Å². The summed E-state index contributed by atoms with van der Waals surface area (Å²) in [5.74, 6) is -0.0613. The molecule has 0 bridgehead atoms. The molecule has 90 valence electrons. The van der Waals surface area contributed by atoms with Gasteiger partial charge < -0.3 is 5.32 Å². The molecule has 5 nitrogen and oxygen atoms in total. The summed E-state index contributed by atoms with van der Waals surface area (Å²) >= 11 is 0. The van der Waals surface area contributed by atoms with Crippen molar-refractivity contribution in [3.8, 4) is 0 Å². The van der Waals surface area contributed by atoms with Gasteiger partial charge in [-0.05, 0) is 12.0 Å². The highest BCUT2D eigenvalue weighted by Crippen LogP contribution is 2.14. The summed E-state index contributed by atoms with van der Waals surface area (Å²) in [7, 11) is 0. The molecular weight excluding hydrogens is 220 g/mol. The summed E-state index contributed by atoms with van der Waals surface area (Å²) in [6.45, 7) is 2.03. The Kier molecular flexibility index (Phi) is 4.87. The topological polar surface area (TPSA) is 72.2 Å². The van der Waals surface area contributed by atoms with Crippen molar-refractivity contribution in [2.75, 3.05) is 6.54 Å². The Morgan fingerprint density at radius 3 is 2.94 bits per heavy atom. The van der Waals surface area contributed by atoms with E-state index in [1.54, 1.807) is 18.2 Å². The second kappa shape index (κ2) is 6.42. The van der Waals surface area contributed by atoms with Crippen molar-refractivity contribution in [1.82, 2.24) is 5.32 Å².